The first-order valence-corrected chi connectivity index (χ1v) is 10.4. The lowest BCUT2D eigenvalue weighted by atomic mass is 9.97. The molecule has 6 rings (SSSR count). The lowest BCUT2D eigenvalue weighted by molar-refractivity contribution is 1.80. The van der Waals surface area contributed by atoms with Gasteiger partial charge in [-0.05, 0) is 44.4 Å². The fraction of sp³-hybridized carbons (Fsp3) is 0. The van der Waals surface area contributed by atoms with Gasteiger partial charge in [-0.3, -0.25) is 0 Å². The molecular formula is C24H14S2. The zero-order valence-electron chi connectivity index (χ0n) is 13.9. The Labute approximate surface area is 158 Å². The van der Waals surface area contributed by atoms with Crippen molar-refractivity contribution >= 4 is 64.4 Å². The highest BCUT2D eigenvalue weighted by Gasteiger charge is 2.15. The molecular weight excluding hydrogens is 352 g/mol. The molecule has 0 fully saturated rings. The Morgan fingerprint density at radius 2 is 0.923 bits per heavy atom. The highest BCUT2D eigenvalue weighted by atomic mass is 32.1. The fourth-order valence-electron chi connectivity index (χ4n) is 4.01. The van der Waals surface area contributed by atoms with E-state index in [1.807, 2.05) is 22.7 Å². The number of hydrogen-bond donors (Lipinski definition) is 0. The fourth-order valence-corrected chi connectivity index (χ4v) is 5.96. The predicted molar refractivity (Wildman–Crippen MR) is 118 cm³/mol. The predicted octanol–water partition coefficient (Wildman–Crippen LogP) is 8.09. The largest absolute Gasteiger partial charge is 0.143 e. The van der Waals surface area contributed by atoms with Gasteiger partial charge in [0.15, 0.2) is 0 Å². The second-order valence-corrected chi connectivity index (χ2v) is 8.44. The average molecular weight is 367 g/mol. The summed E-state index contributed by atoms with van der Waals surface area (Å²) in [6.07, 6.45) is 0. The summed E-state index contributed by atoms with van der Waals surface area (Å²) >= 11 is 3.69. The van der Waals surface area contributed by atoms with Gasteiger partial charge < -0.3 is 0 Å². The molecule has 0 saturated carbocycles. The standard InChI is InChI=1S/C24H14S2/c1-3-7-17-15(5-1)9-11-21-23(17)19(13-25-21)20-14-26-22-12-10-16-6-2-4-8-18(16)24(20)22/h1-14H. The van der Waals surface area contributed by atoms with Crippen molar-refractivity contribution in [3.05, 3.63) is 83.6 Å². The second kappa shape index (κ2) is 5.41. The van der Waals surface area contributed by atoms with Gasteiger partial charge in [-0.2, -0.15) is 0 Å². The summed E-state index contributed by atoms with van der Waals surface area (Å²) in [5, 5.41) is 12.8. The van der Waals surface area contributed by atoms with Crippen LogP contribution in [0.5, 0.6) is 0 Å². The lowest BCUT2D eigenvalue weighted by Gasteiger charge is -2.05. The van der Waals surface area contributed by atoms with Crippen molar-refractivity contribution in [1.82, 2.24) is 0 Å². The van der Waals surface area contributed by atoms with E-state index in [-0.39, 0.29) is 0 Å². The van der Waals surface area contributed by atoms with Gasteiger partial charge >= 0.3 is 0 Å². The topological polar surface area (TPSA) is 0 Å². The van der Waals surface area contributed by atoms with Gasteiger partial charge in [-0.1, -0.05) is 60.7 Å². The molecule has 0 spiro atoms. The third-order valence-corrected chi connectivity index (χ3v) is 7.11. The van der Waals surface area contributed by atoms with Crippen molar-refractivity contribution in [2.24, 2.45) is 0 Å². The van der Waals surface area contributed by atoms with Crippen LogP contribution in [0.15, 0.2) is 83.6 Å². The zero-order chi connectivity index (χ0) is 17.1. The minimum Gasteiger partial charge on any atom is -0.143 e. The minimum absolute atomic E-state index is 1.31. The number of fused-ring (bicyclic) bond motifs is 6. The molecule has 0 bridgehead atoms. The Balaban J connectivity index is 1.79. The average Bonchev–Trinajstić information content (AvgIpc) is 3.32. The summed E-state index contributed by atoms with van der Waals surface area (Å²) in [6, 6.07) is 26.4. The summed E-state index contributed by atoms with van der Waals surface area (Å²) in [7, 11) is 0. The second-order valence-electron chi connectivity index (χ2n) is 6.62. The maximum Gasteiger partial charge on any atom is 0.0355 e. The molecule has 0 aliphatic rings. The van der Waals surface area contributed by atoms with Crippen LogP contribution in [-0.2, 0) is 0 Å². The van der Waals surface area contributed by atoms with E-state index < -0.39 is 0 Å². The molecule has 2 heterocycles. The van der Waals surface area contributed by atoms with Crippen LogP contribution in [0, 0.1) is 0 Å². The van der Waals surface area contributed by atoms with Crippen LogP contribution in [0.4, 0.5) is 0 Å². The van der Waals surface area contributed by atoms with E-state index in [1.165, 1.54) is 52.8 Å². The molecule has 0 aliphatic carbocycles. The molecule has 26 heavy (non-hydrogen) atoms. The lowest BCUT2D eigenvalue weighted by Crippen LogP contribution is -1.79. The van der Waals surface area contributed by atoms with Gasteiger partial charge in [0.05, 0.1) is 0 Å². The monoisotopic (exact) mass is 366 g/mol. The highest BCUT2D eigenvalue weighted by molar-refractivity contribution is 7.19. The summed E-state index contributed by atoms with van der Waals surface area (Å²) in [5.41, 5.74) is 2.73. The molecule has 0 amide bonds. The number of benzene rings is 4. The van der Waals surface area contributed by atoms with Crippen molar-refractivity contribution < 1.29 is 0 Å². The van der Waals surface area contributed by atoms with E-state index in [4.69, 9.17) is 0 Å². The number of thiophene rings is 2. The molecule has 6 aromatic rings. The van der Waals surface area contributed by atoms with Gasteiger partial charge in [0.1, 0.15) is 0 Å². The van der Waals surface area contributed by atoms with Crippen molar-refractivity contribution in [3.63, 3.8) is 0 Å². The molecule has 2 aromatic heterocycles. The molecule has 4 aromatic carbocycles. The van der Waals surface area contributed by atoms with Crippen LogP contribution in [-0.4, -0.2) is 0 Å². The molecule has 0 nitrogen and oxygen atoms in total. The van der Waals surface area contributed by atoms with E-state index in [0.29, 0.717) is 0 Å². The summed E-state index contributed by atoms with van der Waals surface area (Å²) < 4.78 is 2.72. The molecule has 0 aliphatic heterocycles. The van der Waals surface area contributed by atoms with E-state index in [9.17, 15) is 0 Å². The number of rotatable bonds is 1. The van der Waals surface area contributed by atoms with E-state index in [2.05, 4.69) is 83.6 Å². The van der Waals surface area contributed by atoms with E-state index in [0.717, 1.165) is 0 Å². The van der Waals surface area contributed by atoms with Gasteiger partial charge in [0, 0.05) is 31.3 Å². The smallest absolute Gasteiger partial charge is 0.0355 e. The van der Waals surface area contributed by atoms with Crippen LogP contribution in [0.1, 0.15) is 0 Å². The van der Waals surface area contributed by atoms with Gasteiger partial charge in [-0.25, -0.2) is 0 Å². The van der Waals surface area contributed by atoms with Gasteiger partial charge in [-0.15, -0.1) is 22.7 Å². The normalized spacial score (nSPS) is 11.8. The Morgan fingerprint density at radius 3 is 1.42 bits per heavy atom. The maximum absolute atomic E-state index is 2.33. The molecule has 0 radical (unpaired) electrons. The van der Waals surface area contributed by atoms with E-state index >= 15 is 0 Å². The molecule has 0 atom stereocenters. The minimum atomic E-state index is 1.31. The Morgan fingerprint density at radius 1 is 0.462 bits per heavy atom. The number of hydrogen-bond acceptors (Lipinski definition) is 2. The van der Waals surface area contributed by atoms with Crippen molar-refractivity contribution in [3.8, 4) is 11.1 Å². The quantitative estimate of drug-likeness (QED) is 0.276. The van der Waals surface area contributed by atoms with Crippen LogP contribution < -0.4 is 0 Å². The third kappa shape index (κ3) is 1.94. The summed E-state index contributed by atoms with van der Waals surface area (Å²) in [6.45, 7) is 0. The van der Waals surface area contributed by atoms with Crippen LogP contribution in [0.25, 0.3) is 52.8 Å². The van der Waals surface area contributed by atoms with Crippen LogP contribution in [0.3, 0.4) is 0 Å². The Bertz CT molecular complexity index is 1320. The van der Waals surface area contributed by atoms with Gasteiger partial charge in [0.2, 0.25) is 0 Å². The molecule has 0 saturated heterocycles. The van der Waals surface area contributed by atoms with Crippen LogP contribution in [0.2, 0.25) is 0 Å². The first kappa shape index (κ1) is 14.5. The van der Waals surface area contributed by atoms with Crippen LogP contribution >= 0.6 is 22.7 Å². The Kier molecular flexibility index (Phi) is 3.01. The third-order valence-electron chi connectivity index (χ3n) is 5.22. The van der Waals surface area contributed by atoms with Gasteiger partial charge in [0.25, 0.3) is 0 Å². The molecule has 2 heteroatoms. The first-order valence-electron chi connectivity index (χ1n) is 8.68. The Hall–Kier alpha value is -2.68. The molecule has 0 unspecified atom stereocenters. The van der Waals surface area contributed by atoms with Crippen molar-refractivity contribution in [2.75, 3.05) is 0 Å². The van der Waals surface area contributed by atoms with Crippen molar-refractivity contribution in [1.29, 1.82) is 0 Å². The first-order chi connectivity index (χ1) is 12.9. The summed E-state index contributed by atoms with van der Waals surface area (Å²) in [4.78, 5) is 0. The van der Waals surface area contributed by atoms with Crippen molar-refractivity contribution in [2.45, 2.75) is 0 Å². The molecule has 122 valence electrons. The summed E-state index contributed by atoms with van der Waals surface area (Å²) in [5.74, 6) is 0. The highest BCUT2D eigenvalue weighted by Crippen LogP contribution is 2.44. The zero-order valence-corrected chi connectivity index (χ0v) is 15.5. The SMILES string of the molecule is c1ccc2c(c1)ccc1scc(-c3csc4ccc5ccccc5c34)c12. The maximum atomic E-state index is 2.33. The molecule has 0 N–H and O–H groups in total. The van der Waals surface area contributed by atoms with E-state index in [1.54, 1.807) is 0 Å².